The third-order valence-corrected chi connectivity index (χ3v) is 5.87. The maximum absolute atomic E-state index is 12.3. The van der Waals surface area contributed by atoms with Crippen LogP contribution in [0.15, 0.2) is 54.6 Å². The molecule has 0 bridgehead atoms. The van der Waals surface area contributed by atoms with E-state index >= 15 is 0 Å². The number of benzene rings is 2. The first-order valence-corrected chi connectivity index (χ1v) is 11.4. The molecule has 0 fully saturated rings. The molecule has 1 atom stereocenters. The molecule has 3 rings (SSSR count). The number of carbonyl (C=O) groups excluding carboxylic acids is 2. The molecule has 1 aromatic heterocycles. The van der Waals surface area contributed by atoms with Gasteiger partial charge in [-0.25, -0.2) is 0 Å². The maximum Gasteiger partial charge on any atom is 0.286 e. The molecule has 0 aliphatic heterocycles. The predicted octanol–water partition coefficient (Wildman–Crippen LogP) is 4.90. The third kappa shape index (κ3) is 7.77. The lowest BCUT2D eigenvalue weighted by Crippen LogP contribution is -2.32. The van der Waals surface area contributed by atoms with Crippen LogP contribution < -0.4 is 10.6 Å². The van der Waals surface area contributed by atoms with Gasteiger partial charge in [-0.3, -0.25) is 9.59 Å². The Morgan fingerprint density at radius 3 is 2.65 bits per heavy atom. The van der Waals surface area contributed by atoms with Gasteiger partial charge < -0.3 is 10.6 Å². The number of nitrogens with zero attached hydrogens (tertiary/aromatic N) is 2. The topological polar surface area (TPSA) is 84.0 Å². The van der Waals surface area contributed by atoms with Crippen molar-refractivity contribution in [2.45, 2.75) is 45.1 Å². The van der Waals surface area contributed by atoms with Crippen molar-refractivity contribution in [3.05, 3.63) is 75.2 Å². The van der Waals surface area contributed by atoms with E-state index in [2.05, 4.69) is 33.0 Å². The van der Waals surface area contributed by atoms with Crippen molar-refractivity contribution in [2.75, 3.05) is 5.32 Å². The lowest BCUT2D eigenvalue weighted by atomic mass is 10.1. The molecular weight excluding hydrogens is 432 g/mol. The first kappa shape index (κ1) is 22.9. The molecule has 2 aromatic carbocycles. The number of hydrogen-bond acceptors (Lipinski definition) is 5. The quantitative estimate of drug-likeness (QED) is 0.454. The van der Waals surface area contributed by atoms with Gasteiger partial charge in [0.1, 0.15) is 5.01 Å². The van der Waals surface area contributed by atoms with Gasteiger partial charge in [-0.2, -0.15) is 0 Å². The fraction of sp³-hybridized carbons (Fsp3) is 0.304. The summed E-state index contributed by atoms with van der Waals surface area (Å²) >= 11 is 7.17. The SMILES string of the molecule is C[C@@H](CCc1ccccc1)NC(=O)CCCc1nnc(C(=O)Nc2cccc(Cl)c2)s1. The highest BCUT2D eigenvalue weighted by Crippen LogP contribution is 2.18. The highest BCUT2D eigenvalue weighted by atomic mass is 35.5. The van der Waals surface area contributed by atoms with E-state index in [1.54, 1.807) is 24.3 Å². The molecule has 1 heterocycles. The third-order valence-electron chi connectivity index (χ3n) is 4.65. The van der Waals surface area contributed by atoms with E-state index in [9.17, 15) is 9.59 Å². The van der Waals surface area contributed by atoms with Crippen molar-refractivity contribution in [2.24, 2.45) is 0 Å². The summed E-state index contributed by atoms with van der Waals surface area (Å²) in [5.41, 5.74) is 1.88. The van der Waals surface area contributed by atoms with Crippen molar-refractivity contribution in [3.63, 3.8) is 0 Å². The average Bonchev–Trinajstić information content (AvgIpc) is 3.22. The van der Waals surface area contributed by atoms with Gasteiger partial charge in [-0.1, -0.05) is 59.3 Å². The van der Waals surface area contributed by atoms with Gasteiger partial charge in [0.2, 0.25) is 10.9 Å². The van der Waals surface area contributed by atoms with Crippen molar-refractivity contribution in [3.8, 4) is 0 Å². The van der Waals surface area contributed by atoms with E-state index in [0.717, 1.165) is 17.8 Å². The fourth-order valence-corrected chi connectivity index (χ4v) is 4.01. The summed E-state index contributed by atoms with van der Waals surface area (Å²) in [6.45, 7) is 2.02. The molecule has 0 aliphatic carbocycles. The van der Waals surface area contributed by atoms with E-state index in [1.165, 1.54) is 16.9 Å². The van der Waals surface area contributed by atoms with Crippen LogP contribution in [0, 0.1) is 0 Å². The second-order valence-electron chi connectivity index (χ2n) is 7.31. The number of anilines is 1. The summed E-state index contributed by atoms with van der Waals surface area (Å²) in [5.74, 6) is -0.292. The van der Waals surface area contributed by atoms with Gasteiger partial charge in [0.15, 0.2) is 0 Å². The summed E-state index contributed by atoms with van der Waals surface area (Å²) in [4.78, 5) is 24.5. The molecule has 0 unspecified atom stereocenters. The van der Waals surface area contributed by atoms with Crippen LogP contribution in [0.1, 0.15) is 46.6 Å². The molecular formula is C23H25ClN4O2S. The minimum absolute atomic E-state index is 0.0315. The Hall–Kier alpha value is -2.77. The van der Waals surface area contributed by atoms with Crippen LogP contribution >= 0.6 is 22.9 Å². The maximum atomic E-state index is 12.3. The van der Waals surface area contributed by atoms with E-state index in [0.29, 0.717) is 30.0 Å². The van der Waals surface area contributed by atoms with Crippen LogP contribution in [0.5, 0.6) is 0 Å². The van der Waals surface area contributed by atoms with Gasteiger partial charge in [-0.15, -0.1) is 10.2 Å². The van der Waals surface area contributed by atoms with E-state index in [-0.39, 0.29) is 22.9 Å². The van der Waals surface area contributed by atoms with Crippen molar-refractivity contribution >= 4 is 40.4 Å². The van der Waals surface area contributed by atoms with Gasteiger partial charge in [0, 0.05) is 29.6 Å². The zero-order valence-electron chi connectivity index (χ0n) is 17.3. The average molecular weight is 457 g/mol. The summed E-state index contributed by atoms with van der Waals surface area (Å²) in [5, 5.41) is 15.4. The summed E-state index contributed by atoms with van der Waals surface area (Å²) in [6, 6.07) is 17.3. The monoisotopic (exact) mass is 456 g/mol. The number of hydrogen-bond donors (Lipinski definition) is 2. The number of aryl methyl sites for hydroxylation is 2. The fourth-order valence-electron chi connectivity index (χ4n) is 3.04. The van der Waals surface area contributed by atoms with E-state index < -0.39 is 0 Å². The van der Waals surface area contributed by atoms with Crippen LogP contribution in [0.4, 0.5) is 5.69 Å². The Kier molecular flexibility index (Phi) is 8.55. The summed E-state index contributed by atoms with van der Waals surface area (Å²) < 4.78 is 0. The van der Waals surface area contributed by atoms with Crippen LogP contribution in [0.25, 0.3) is 0 Å². The molecule has 0 aliphatic rings. The zero-order valence-corrected chi connectivity index (χ0v) is 18.9. The molecule has 0 saturated heterocycles. The smallest absolute Gasteiger partial charge is 0.286 e. The second kappa shape index (κ2) is 11.6. The summed E-state index contributed by atoms with van der Waals surface area (Å²) in [6.07, 6.45) is 3.51. The molecule has 162 valence electrons. The Morgan fingerprint density at radius 2 is 1.87 bits per heavy atom. The van der Waals surface area contributed by atoms with Crippen LogP contribution in [-0.4, -0.2) is 28.1 Å². The van der Waals surface area contributed by atoms with E-state index in [1.807, 2.05) is 25.1 Å². The van der Waals surface area contributed by atoms with Crippen LogP contribution in [0.2, 0.25) is 5.02 Å². The minimum atomic E-state index is -0.323. The Morgan fingerprint density at radius 1 is 1.06 bits per heavy atom. The standard InChI is InChI=1S/C23H25ClN4O2S/c1-16(13-14-17-7-3-2-4-8-17)25-20(29)11-6-12-21-27-28-23(31-21)22(30)26-19-10-5-9-18(24)15-19/h2-5,7-10,15-16H,6,11-14H2,1H3,(H,25,29)(H,26,30)/t16-/m0/s1. The number of carbonyl (C=O) groups is 2. The van der Waals surface area contributed by atoms with Crippen LogP contribution in [0.3, 0.4) is 0 Å². The highest BCUT2D eigenvalue weighted by Gasteiger charge is 2.14. The normalized spacial score (nSPS) is 11.7. The van der Waals surface area contributed by atoms with Gasteiger partial charge in [0.25, 0.3) is 5.91 Å². The molecule has 8 heteroatoms. The lowest BCUT2D eigenvalue weighted by Gasteiger charge is -2.13. The minimum Gasteiger partial charge on any atom is -0.354 e. The zero-order chi connectivity index (χ0) is 22.1. The lowest BCUT2D eigenvalue weighted by molar-refractivity contribution is -0.121. The Balaban J connectivity index is 1.37. The molecule has 2 amide bonds. The van der Waals surface area contributed by atoms with Crippen molar-refractivity contribution in [1.82, 2.24) is 15.5 Å². The number of rotatable bonds is 10. The Labute approximate surface area is 191 Å². The van der Waals surface area contributed by atoms with Gasteiger partial charge in [-0.05, 0) is 49.9 Å². The number of amides is 2. The molecule has 6 nitrogen and oxygen atoms in total. The molecule has 0 saturated carbocycles. The largest absolute Gasteiger partial charge is 0.354 e. The van der Waals surface area contributed by atoms with E-state index in [4.69, 9.17) is 11.6 Å². The molecule has 0 radical (unpaired) electrons. The first-order chi connectivity index (χ1) is 15.0. The molecule has 31 heavy (non-hydrogen) atoms. The number of halogens is 1. The molecule has 0 spiro atoms. The second-order valence-corrected chi connectivity index (χ2v) is 8.81. The van der Waals surface area contributed by atoms with Crippen molar-refractivity contribution in [1.29, 1.82) is 0 Å². The highest BCUT2D eigenvalue weighted by molar-refractivity contribution is 7.13. The number of nitrogens with one attached hydrogen (secondary N) is 2. The predicted molar refractivity (Wildman–Crippen MR) is 125 cm³/mol. The van der Waals surface area contributed by atoms with Crippen LogP contribution in [-0.2, 0) is 17.6 Å². The number of aromatic nitrogens is 2. The van der Waals surface area contributed by atoms with Gasteiger partial charge >= 0.3 is 0 Å². The summed E-state index contributed by atoms with van der Waals surface area (Å²) in [7, 11) is 0. The van der Waals surface area contributed by atoms with Gasteiger partial charge in [0.05, 0.1) is 0 Å². The first-order valence-electron chi connectivity index (χ1n) is 10.2. The van der Waals surface area contributed by atoms with Crippen molar-refractivity contribution < 1.29 is 9.59 Å². The molecule has 3 aromatic rings. The molecule has 2 N–H and O–H groups in total. The Bertz CT molecular complexity index is 1010.